The molecule has 0 radical (unpaired) electrons. The molecule has 1 rings (SSSR count). The van der Waals surface area contributed by atoms with Gasteiger partial charge in [-0.25, -0.2) is 9.59 Å². The number of methoxy groups -OCH3 is 1. The lowest BCUT2D eigenvalue weighted by Gasteiger charge is -2.15. The maximum atomic E-state index is 11.9. The topological polar surface area (TPSA) is 87.7 Å². The van der Waals surface area contributed by atoms with Gasteiger partial charge in [0.05, 0.1) is 5.69 Å². The molecule has 21 heavy (non-hydrogen) atoms. The predicted molar refractivity (Wildman–Crippen MR) is 83.6 cm³/mol. The van der Waals surface area contributed by atoms with Gasteiger partial charge >= 0.3 is 12.0 Å². The second-order valence-corrected chi connectivity index (χ2v) is 5.46. The number of aryl methyl sites for hydroxylation is 1. The van der Waals surface area contributed by atoms with Gasteiger partial charge in [0.15, 0.2) is 0 Å². The number of amides is 2. The van der Waals surface area contributed by atoms with E-state index in [1.54, 1.807) is 13.2 Å². The average Bonchev–Trinajstić information content (AvgIpc) is 2.41. The molecule has 0 saturated heterocycles. The third kappa shape index (κ3) is 6.14. The number of halogens is 1. The summed E-state index contributed by atoms with van der Waals surface area (Å²) < 4.78 is 5.61. The number of ether oxygens (including phenoxy) is 1. The van der Waals surface area contributed by atoms with Crippen LogP contribution in [0.15, 0.2) is 22.7 Å². The Kier molecular flexibility index (Phi) is 7.18. The van der Waals surface area contributed by atoms with E-state index >= 15 is 0 Å². The third-order valence-corrected chi connectivity index (χ3v) is 3.47. The Bertz CT molecular complexity index is 508. The summed E-state index contributed by atoms with van der Waals surface area (Å²) in [6, 6.07) is 3.98. The second-order valence-electron chi connectivity index (χ2n) is 4.61. The normalized spacial score (nSPS) is 11.8. The Balaban J connectivity index is 2.59. The van der Waals surface area contributed by atoms with Crippen LogP contribution >= 0.6 is 15.9 Å². The molecule has 1 unspecified atom stereocenters. The van der Waals surface area contributed by atoms with Crippen molar-refractivity contribution in [2.45, 2.75) is 25.8 Å². The van der Waals surface area contributed by atoms with E-state index in [0.717, 1.165) is 10.0 Å². The van der Waals surface area contributed by atoms with Crippen molar-refractivity contribution >= 4 is 33.6 Å². The number of nitrogens with one attached hydrogen (secondary N) is 2. The number of carboxylic acid groups (broad SMARTS) is 1. The average molecular weight is 359 g/mol. The van der Waals surface area contributed by atoms with E-state index in [9.17, 15) is 9.59 Å². The van der Waals surface area contributed by atoms with E-state index in [1.807, 2.05) is 19.1 Å². The van der Waals surface area contributed by atoms with Gasteiger partial charge in [-0.1, -0.05) is 6.07 Å². The lowest BCUT2D eigenvalue weighted by Crippen LogP contribution is -2.43. The molecule has 3 N–H and O–H groups in total. The molecule has 0 aliphatic carbocycles. The van der Waals surface area contributed by atoms with Crippen molar-refractivity contribution in [2.75, 3.05) is 19.0 Å². The maximum Gasteiger partial charge on any atom is 0.326 e. The van der Waals surface area contributed by atoms with Crippen LogP contribution in [0.5, 0.6) is 0 Å². The van der Waals surface area contributed by atoms with Crippen LogP contribution in [0.2, 0.25) is 0 Å². The Morgan fingerprint density at radius 3 is 2.71 bits per heavy atom. The summed E-state index contributed by atoms with van der Waals surface area (Å²) in [6.07, 6.45) is 0.869. The van der Waals surface area contributed by atoms with Gasteiger partial charge in [-0.2, -0.15) is 0 Å². The zero-order valence-electron chi connectivity index (χ0n) is 12.0. The lowest BCUT2D eigenvalue weighted by atomic mass is 10.1. The first-order valence-corrected chi connectivity index (χ1v) is 7.28. The van der Waals surface area contributed by atoms with Gasteiger partial charge in [0.2, 0.25) is 0 Å². The van der Waals surface area contributed by atoms with Crippen molar-refractivity contribution in [3.05, 3.63) is 28.2 Å². The molecule has 1 aromatic rings. The number of benzene rings is 1. The molecule has 0 heterocycles. The van der Waals surface area contributed by atoms with E-state index in [2.05, 4.69) is 26.6 Å². The Hall–Kier alpha value is -1.60. The Morgan fingerprint density at radius 2 is 2.14 bits per heavy atom. The number of carbonyl (C=O) groups is 2. The summed E-state index contributed by atoms with van der Waals surface area (Å²) in [5, 5.41) is 14.1. The number of hydrogen-bond acceptors (Lipinski definition) is 3. The smallest absolute Gasteiger partial charge is 0.326 e. The molecule has 0 fully saturated rings. The van der Waals surface area contributed by atoms with Crippen molar-refractivity contribution in [2.24, 2.45) is 0 Å². The molecule has 1 atom stereocenters. The van der Waals surface area contributed by atoms with Gasteiger partial charge in [0.1, 0.15) is 6.04 Å². The summed E-state index contributed by atoms with van der Waals surface area (Å²) in [5.74, 6) is -1.07. The molecule has 0 spiro atoms. The van der Waals surface area contributed by atoms with Crippen molar-refractivity contribution < 1.29 is 19.4 Å². The minimum Gasteiger partial charge on any atom is -0.480 e. The van der Waals surface area contributed by atoms with Crippen LogP contribution < -0.4 is 10.6 Å². The van der Waals surface area contributed by atoms with Crippen molar-refractivity contribution in [3.8, 4) is 0 Å². The third-order valence-electron chi connectivity index (χ3n) is 2.82. The minimum atomic E-state index is -1.07. The molecular weight excluding hydrogens is 340 g/mol. The number of carbonyl (C=O) groups excluding carboxylic acids is 1. The summed E-state index contributed by atoms with van der Waals surface area (Å²) in [4.78, 5) is 23.0. The fraction of sp³-hybridized carbons (Fsp3) is 0.429. The van der Waals surface area contributed by atoms with E-state index in [0.29, 0.717) is 25.1 Å². The van der Waals surface area contributed by atoms with Crippen molar-refractivity contribution in [3.63, 3.8) is 0 Å². The molecule has 6 nitrogen and oxygen atoms in total. The van der Waals surface area contributed by atoms with Crippen molar-refractivity contribution in [1.29, 1.82) is 0 Å². The zero-order valence-corrected chi connectivity index (χ0v) is 13.6. The summed E-state index contributed by atoms with van der Waals surface area (Å²) in [6.45, 7) is 2.39. The highest BCUT2D eigenvalue weighted by molar-refractivity contribution is 9.10. The minimum absolute atomic E-state index is 0.311. The molecule has 7 heteroatoms. The van der Waals surface area contributed by atoms with Crippen LogP contribution in [0, 0.1) is 6.92 Å². The maximum absolute atomic E-state index is 11.9. The first-order chi connectivity index (χ1) is 9.93. The van der Waals surface area contributed by atoms with Crippen LogP contribution in [0.25, 0.3) is 0 Å². The molecule has 116 valence electrons. The number of rotatable bonds is 7. The standard InChI is InChI=1S/C14H19BrN2O4/c1-9-5-6-11(10(15)8-9)16-14(20)17-12(13(18)19)4-3-7-21-2/h5-6,8,12H,3-4,7H2,1-2H3,(H,18,19)(H2,16,17,20). The first kappa shape index (κ1) is 17.5. The van der Waals surface area contributed by atoms with Gasteiger partial charge in [-0.05, 0) is 53.4 Å². The number of carboxylic acids is 1. The van der Waals surface area contributed by atoms with E-state index in [4.69, 9.17) is 9.84 Å². The van der Waals surface area contributed by atoms with Crippen LogP contribution in [-0.4, -0.2) is 36.9 Å². The molecule has 0 saturated carbocycles. The van der Waals surface area contributed by atoms with Gasteiger partial charge < -0.3 is 20.5 Å². The molecular formula is C14H19BrN2O4. The van der Waals surface area contributed by atoms with Crippen LogP contribution in [0.4, 0.5) is 10.5 Å². The largest absolute Gasteiger partial charge is 0.480 e. The highest BCUT2D eigenvalue weighted by Gasteiger charge is 2.19. The van der Waals surface area contributed by atoms with Gasteiger partial charge in [0.25, 0.3) is 0 Å². The summed E-state index contributed by atoms with van der Waals surface area (Å²) >= 11 is 3.35. The zero-order chi connectivity index (χ0) is 15.8. The Labute approximate surface area is 132 Å². The summed E-state index contributed by atoms with van der Waals surface area (Å²) in [5.41, 5.74) is 1.63. The quantitative estimate of drug-likeness (QED) is 0.654. The van der Waals surface area contributed by atoms with E-state index in [1.165, 1.54) is 0 Å². The first-order valence-electron chi connectivity index (χ1n) is 6.49. The highest BCUT2D eigenvalue weighted by Crippen LogP contribution is 2.23. The van der Waals surface area contributed by atoms with Gasteiger partial charge in [-0.3, -0.25) is 0 Å². The monoisotopic (exact) mass is 358 g/mol. The van der Waals surface area contributed by atoms with Crippen LogP contribution in [0.1, 0.15) is 18.4 Å². The number of aliphatic carboxylic acids is 1. The van der Waals surface area contributed by atoms with E-state index < -0.39 is 18.0 Å². The Morgan fingerprint density at radius 1 is 1.43 bits per heavy atom. The molecule has 0 aromatic heterocycles. The predicted octanol–water partition coefficient (Wildman–Crippen LogP) is 2.76. The second kappa shape index (κ2) is 8.63. The highest BCUT2D eigenvalue weighted by atomic mass is 79.9. The summed E-state index contributed by atoms with van der Waals surface area (Å²) in [7, 11) is 1.55. The number of urea groups is 1. The van der Waals surface area contributed by atoms with E-state index in [-0.39, 0.29) is 0 Å². The van der Waals surface area contributed by atoms with Gasteiger partial charge in [-0.15, -0.1) is 0 Å². The van der Waals surface area contributed by atoms with Crippen LogP contribution in [0.3, 0.4) is 0 Å². The molecule has 0 aliphatic rings. The lowest BCUT2D eigenvalue weighted by molar-refractivity contribution is -0.139. The van der Waals surface area contributed by atoms with Crippen LogP contribution in [-0.2, 0) is 9.53 Å². The molecule has 0 bridgehead atoms. The fourth-order valence-corrected chi connectivity index (χ4v) is 2.32. The molecule has 2 amide bonds. The molecule has 1 aromatic carbocycles. The number of hydrogen-bond donors (Lipinski definition) is 3. The molecule has 0 aliphatic heterocycles. The fourth-order valence-electron chi connectivity index (χ4n) is 1.73. The van der Waals surface area contributed by atoms with Gasteiger partial charge in [0, 0.05) is 18.2 Å². The SMILES string of the molecule is COCCCC(NC(=O)Nc1ccc(C)cc1Br)C(=O)O. The van der Waals surface area contributed by atoms with Crippen molar-refractivity contribution in [1.82, 2.24) is 5.32 Å². The number of anilines is 1.